The molecule has 1 atom stereocenters. The van der Waals surface area contributed by atoms with Crippen molar-refractivity contribution >= 4 is 34.9 Å². The van der Waals surface area contributed by atoms with Crippen molar-refractivity contribution in [2.24, 2.45) is 5.92 Å². The van der Waals surface area contributed by atoms with Gasteiger partial charge >= 0.3 is 0 Å². The Balaban J connectivity index is 1.45. The van der Waals surface area contributed by atoms with Crippen LogP contribution < -0.4 is 5.32 Å². The second kappa shape index (κ2) is 7.61. The number of nitrogens with zero attached hydrogens (tertiary/aromatic N) is 3. The maximum absolute atomic E-state index is 12.4. The zero-order chi connectivity index (χ0) is 16.2. The molecule has 1 saturated heterocycles. The van der Waals surface area contributed by atoms with Gasteiger partial charge in [0.2, 0.25) is 11.8 Å². The number of thioether (sulfide) groups is 1. The van der Waals surface area contributed by atoms with E-state index < -0.39 is 0 Å². The SMILES string of the molecule is Cc1nnc(SCCNC(=O)C2CCCCN2C(=O)C2CC2)s1. The number of nitrogens with one attached hydrogen (secondary N) is 1. The molecule has 2 aliphatic rings. The Labute approximate surface area is 144 Å². The predicted molar refractivity (Wildman–Crippen MR) is 90.5 cm³/mol. The van der Waals surface area contributed by atoms with Crippen LogP contribution in [0.5, 0.6) is 0 Å². The minimum absolute atomic E-state index is 0.00672. The van der Waals surface area contributed by atoms with E-state index in [1.54, 1.807) is 23.1 Å². The summed E-state index contributed by atoms with van der Waals surface area (Å²) in [5, 5.41) is 11.9. The van der Waals surface area contributed by atoms with Crippen molar-refractivity contribution in [2.45, 2.75) is 49.4 Å². The fourth-order valence-electron chi connectivity index (χ4n) is 2.80. The zero-order valence-electron chi connectivity index (χ0n) is 13.3. The first-order chi connectivity index (χ1) is 11.1. The average molecular weight is 355 g/mol. The first kappa shape index (κ1) is 16.7. The van der Waals surface area contributed by atoms with Gasteiger partial charge in [0.25, 0.3) is 0 Å². The maximum Gasteiger partial charge on any atom is 0.242 e. The van der Waals surface area contributed by atoms with Crippen LogP contribution in [-0.4, -0.2) is 51.8 Å². The van der Waals surface area contributed by atoms with Crippen LogP contribution in [0.4, 0.5) is 0 Å². The molecule has 1 aliphatic heterocycles. The van der Waals surface area contributed by atoms with Crippen LogP contribution >= 0.6 is 23.1 Å². The highest BCUT2D eigenvalue weighted by Gasteiger charge is 2.39. The summed E-state index contributed by atoms with van der Waals surface area (Å²) in [6.07, 6.45) is 4.79. The molecule has 1 aromatic heterocycles. The summed E-state index contributed by atoms with van der Waals surface area (Å²) in [4.78, 5) is 26.6. The van der Waals surface area contributed by atoms with Gasteiger partial charge in [0.15, 0.2) is 4.34 Å². The molecule has 1 N–H and O–H groups in total. The van der Waals surface area contributed by atoms with E-state index in [2.05, 4.69) is 15.5 Å². The molecule has 0 spiro atoms. The van der Waals surface area contributed by atoms with E-state index in [9.17, 15) is 9.59 Å². The lowest BCUT2D eigenvalue weighted by molar-refractivity contribution is -0.143. The molecule has 2 fully saturated rings. The molecule has 6 nitrogen and oxygen atoms in total. The lowest BCUT2D eigenvalue weighted by Gasteiger charge is -2.34. The van der Waals surface area contributed by atoms with Gasteiger partial charge in [-0.15, -0.1) is 10.2 Å². The second-order valence-corrected chi connectivity index (χ2v) is 8.57. The first-order valence-electron chi connectivity index (χ1n) is 8.16. The minimum Gasteiger partial charge on any atom is -0.353 e. The molecular weight excluding hydrogens is 332 g/mol. The van der Waals surface area contributed by atoms with Crippen LogP contribution in [0.25, 0.3) is 0 Å². The molecule has 3 rings (SSSR count). The fraction of sp³-hybridized carbons (Fsp3) is 0.733. The summed E-state index contributed by atoms with van der Waals surface area (Å²) in [5.41, 5.74) is 0. The number of likely N-dealkylation sites (tertiary alicyclic amines) is 1. The van der Waals surface area contributed by atoms with Crippen LogP contribution in [0.15, 0.2) is 4.34 Å². The number of carbonyl (C=O) groups excluding carboxylic acids is 2. The minimum atomic E-state index is -0.273. The van der Waals surface area contributed by atoms with E-state index in [-0.39, 0.29) is 23.8 Å². The van der Waals surface area contributed by atoms with Crippen LogP contribution in [-0.2, 0) is 9.59 Å². The number of aromatic nitrogens is 2. The van der Waals surface area contributed by atoms with Crippen molar-refractivity contribution in [3.05, 3.63) is 5.01 Å². The number of piperidine rings is 1. The quantitative estimate of drug-likeness (QED) is 0.623. The molecule has 1 aromatic rings. The Hall–Kier alpha value is -1.15. The molecule has 126 valence electrons. The van der Waals surface area contributed by atoms with E-state index in [1.807, 2.05) is 11.8 Å². The number of hydrogen-bond acceptors (Lipinski definition) is 6. The van der Waals surface area contributed by atoms with E-state index in [4.69, 9.17) is 0 Å². The Morgan fingerprint density at radius 1 is 1.30 bits per heavy atom. The van der Waals surface area contributed by atoms with Gasteiger partial charge in [-0.1, -0.05) is 23.1 Å². The summed E-state index contributed by atoms with van der Waals surface area (Å²) in [6.45, 7) is 3.24. The monoisotopic (exact) mass is 354 g/mol. The number of carbonyl (C=O) groups is 2. The van der Waals surface area contributed by atoms with Crippen molar-refractivity contribution in [1.82, 2.24) is 20.4 Å². The van der Waals surface area contributed by atoms with Crippen molar-refractivity contribution in [3.8, 4) is 0 Å². The van der Waals surface area contributed by atoms with E-state index >= 15 is 0 Å². The highest BCUT2D eigenvalue weighted by molar-refractivity contribution is 8.01. The molecule has 8 heteroatoms. The Morgan fingerprint density at radius 2 is 2.13 bits per heavy atom. The average Bonchev–Trinajstić information content (AvgIpc) is 3.33. The summed E-state index contributed by atoms with van der Waals surface area (Å²) >= 11 is 3.17. The lowest BCUT2D eigenvalue weighted by atomic mass is 10.0. The highest BCUT2D eigenvalue weighted by Crippen LogP contribution is 2.33. The smallest absolute Gasteiger partial charge is 0.242 e. The molecular formula is C15H22N4O2S2. The van der Waals surface area contributed by atoms with E-state index in [0.717, 1.165) is 53.7 Å². The summed E-state index contributed by atoms with van der Waals surface area (Å²) in [7, 11) is 0. The van der Waals surface area contributed by atoms with Crippen LogP contribution in [0.1, 0.15) is 37.1 Å². The van der Waals surface area contributed by atoms with Crippen LogP contribution in [0.3, 0.4) is 0 Å². The van der Waals surface area contributed by atoms with Gasteiger partial charge in [0.05, 0.1) is 0 Å². The molecule has 0 aromatic carbocycles. The topological polar surface area (TPSA) is 75.2 Å². The van der Waals surface area contributed by atoms with Crippen molar-refractivity contribution in [1.29, 1.82) is 0 Å². The third kappa shape index (κ3) is 4.44. The first-order valence-corrected chi connectivity index (χ1v) is 9.96. The summed E-state index contributed by atoms with van der Waals surface area (Å²) < 4.78 is 0.931. The van der Waals surface area contributed by atoms with Crippen molar-refractivity contribution in [3.63, 3.8) is 0 Å². The molecule has 1 unspecified atom stereocenters. The van der Waals surface area contributed by atoms with Gasteiger partial charge in [-0.05, 0) is 39.0 Å². The summed E-state index contributed by atoms with van der Waals surface area (Å²) in [5.74, 6) is 1.12. The van der Waals surface area contributed by atoms with Crippen LogP contribution in [0.2, 0.25) is 0 Å². The predicted octanol–water partition coefficient (Wildman–Crippen LogP) is 1.85. The van der Waals surface area contributed by atoms with Crippen LogP contribution in [0, 0.1) is 12.8 Å². The van der Waals surface area contributed by atoms with E-state index in [1.165, 1.54) is 0 Å². The van der Waals surface area contributed by atoms with Gasteiger partial charge < -0.3 is 10.2 Å². The highest BCUT2D eigenvalue weighted by atomic mass is 32.2. The molecule has 23 heavy (non-hydrogen) atoms. The zero-order valence-corrected chi connectivity index (χ0v) is 14.9. The lowest BCUT2D eigenvalue weighted by Crippen LogP contribution is -2.52. The Bertz CT molecular complexity index is 574. The maximum atomic E-state index is 12.4. The van der Waals surface area contributed by atoms with Gasteiger partial charge in [-0.25, -0.2) is 0 Å². The molecule has 1 aliphatic carbocycles. The fourth-order valence-corrected chi connectivity index (χ4v) is 4.54. The Kier molecular flexibility index (Phi) is 5.53. The largest absolute Gasteiger partial charge is 0.353 e. The van der Waals surface area contributed by atoms with Crippen molar-refractivity contribution < 1.29 is 9.59 Å². The Morgan fingerprint density at radius 3 is 2.83 bits per heavy atom. The van der Waals surface area contributed by atoms with Gasteiger partial charge in [0.1, 0.15) is 11.0 Å². The number of aryl methyl sites for hydroxylation is 1. The molecule has 0 bridgehead atoms. The number of rotatable bonds is 6. The molecule has 0 radical (unpaired) electrons. The third-order valence-corrected chi connectivity index (χ3v) is 6.12. The molecule has 2 amide bonds. The normalized spacial score (nSPS) is 21.3. The second-order valence-electron chi connectivity index (χ2n) is 6.04. The van der Waals surface area contributed by atoms with Gasteiger partial charge in [-0.3, -0.25) is 9.59 Å². The number of amides is 2. The molecule has 2 heterocycles. The molecule has 1 saturated carbocycles. The van der Waals surface area contributed by atoms with Crippen molar-refractivity contribution in [2.75, 3.05) is 18.8 Å². The van der Waals surface area contributed by atoms with Gasteiger partial charge in [-0.2, -0.15) is 0 Å². The summed E-state index contributed by atoms with van der Waals surface area (Å²) in [6, 6.07) is -0.273. The standard InChI is InChI=1S/C15H22N4O2S2/c1-10-17-18-15(23-10)22-9-7-16-13(20)12-4-2-3-8-19(12)14(21)11-5-6-11/h11-12H,2-9H2,1H3,(H,16,20). The van der Waals surface area contributed by atoms with Gasteiger partial charge in [0, 0.05) is 24.8 Å². The number of hydrogen-bond donors (Lipinski definition) is 1. The van der Waals surface area contributed by atoms with E-state index in [0.29, 0.717) is 6.54 Å². The third-order valence-electron chi connectivity index (χ3n) is 4.15.